The monoisotopic (exact) mass is 347 g/mol. The molecule has 2 aliphatic rings. The standard InChI is InChI=1S/C15H13N3O5S/c1-9-16-12(8-22-9)10-2-4-11(5-3-10)24(20,21)18-13-15(6-7-15)14(19)23-17-13/h2-5,8H,6-7H2,1H3,(H,17,18). The van der Waals surface area contributed by atoms with E-state index in [2.05, 4.69) is 14.9 Å². The Hall–Kier alpha value is -2.68. The summed E-state index contributed by atoms with van der Waals surface area (Å²) < 4.78 is 33.8. The lowest BCUT2D eigenvalue weighted by molar-refractivity contribution is -0.146. The summed E-state index contributed by atoms with van der Waals surface area (Å²) in [5.74, 6) is 0.108. The number of hydrogen-bond acceptors (Lipinski definition) is 6. The van der Waals surface area contributed by atoms with E-state index in [1.54, 1.807) is 19.1 Å². The van der Waals surface area contributed by atoms with Crippen molar-refractivity contribution in [1.29, 1.82) is 0 Å². The third-order valence-electron chi connectivity index (χ3n) is 4.11. The van der Waals surface area contributed by atoms with Crippen LogP contribution >= 0.6 is 0 Å². The van der Waals surface area contributed by atoms with Crippen LogP contribution in [-0.2, 0) is 19.7 Å². The zero-order valence-electron chi connectivity index (χ0n) is 12.6. The van der Waals surface area contributed by atoms with Crippen LogP contribution in [0.15, 0.2) is 44.2 Å². The summed E-state index contributed by atoms with van der Waals surface area (Å²) in [7, 11) is -3.94. The van der Waals surface area contributed by atoms with Crippen LogP contribution in [0.2, 0.25) is 0 Å². The Morgan fingerprint density at radius 1 is 1.25 bits per heavy atom. The van der Waals surface area contributed by atoms with Gasteiger partial charge in [-0.3, -0.25) is 0 Å². The van der Waals surface area contributed by atoms with Gasteiger partial charge < -0.3 is 9.25 Å². The number of hydrogen-bond donors (Lipinski definition) is 1. The highest BCUT2D eigenvalue weighted by Gasteiger charge is 2.61. The quantitative estimate of drug-likeness (QED) is 0.897. The molecule has 4 rings (SSSR count). The molecule has 1 aromatic heterocycles. The minimum absolute atomic E-state index is 0.0240. The van der Waals surface area contributed by atoms with E-state index in [-0.39, 0.29) is 10.7 Å². The van der Waals surface area contributed by atoms with E-state index in [9.17, 15) is 13.2 Å². The number of aryl methyl sites for hydroxylation is 1. The van der Waals surface area contributed by atoms with Crippen molar-refractivity contribution in [3.63, 3.8) is 0 Å². The van der Waals surface area contributed by atoms with Gasteiger partial charge in [-0.05, 0) is 25.0 Å². The number of sulfonamides is 1. The van der Waals surface area contributed by atoms with Crippen LogP contribution in [0, 0.1) is 12.3 Å². The molecule has 1 spiro atoms. The topological polar surface area (TPSA) is 111 Å². The minimum atomic E-state index is -3.94. The van der Waals surface area contributed by atoms with Gasteiger partial charge in [0, 0.05) is 12.5 Å². The molecule has 0 radical (unpaired) electrons. The average Bonchev–Trinajstić information content (AvgIpc) is 3.18. The molecule has 124 valence electrons. The molecule has 2 fully saturated rings. The predicted molar refractivity (Wildman–Crippen MR) is 82.2 cm³/mol. The van der Waals surface area contributed by atoms with E-state index >= 15 is 0 Å². The lowest BCUT2D eigenvalue weighted by atomic mass is 10.1. The highest BCUT2D eigenvalue weighted by molar-refractivity contribution is 7.90. The van der Waals surface area contributed by atoms with Crippen molar-refractivity contribution in [3.8, 4) is 11.3 Å². The van der Waals surface area contributed by atoms with Gasteiger partial charge in [0.15, 0.2) is 11.7 Å². The molecule has 0 bridgehead atoms. The Labute approximate surface area is 137 Å². The number of nitrogens with zero attached hydrogens (tertiary/aromatic N) is 2. The van der Waals surface area contributed by atoms with Gasteiger partial charge in [-0.15, -0.1) is 4.40 Å². The van der Waals surface area contributed by atoms with Gasteiger partial charge in [-0.25, -0.2) is 15.3 Å². The first-order valence-electron chi connectivity index (χ1n) is 7.26. The summed E-state index contributed by atoms with van der Waals surface area (Å²) >= 11 is 0. The van der Waals surface area contributed by atoms with E-state index < -0.39 is 21.4 Å². The molecule has 1 aliphatic carbocycles. The number of carbonyl (C=O) groups excluding carboxylic acids is 1. The molecule has 8 nitrogen and oxygen atoms in total. The highest BCUT2D eigenvalue weighted by Crippen LogP contribution is 2.50. The van der Waals surface area contributed by atoms with Crippen LogP contribution in [0.5, 0.6) is 0 Å². The number of benzene rings is 1. The molecule has 1 saturated carbocycles. The minimum Gasteiger partial charge on any atom is -0.449 e. The lowest BCUT2D eigenvalue weighted by Crippen LogP contribution is -2.23. The third-order valence-corrected chi connectivity index (χ3v) is 5.40. The van der Waals surface area contributed by atoms with Gasteiger partial charge in [-0.1, -0.05) is 12.1 Å². The van der Waals surface area contributed by atoms with Gasteiger partial charge in [0.25, 0.3) is 10.0 Å². The summed E-state index contributed by atoms with van der Waals surface area (Å²) in [4.78, 5) is 20.5. The van der Waals surface area contributed by atoms with Crippen LogP contribution in [-0.4, -0.2) is 25.2 Å². The number of amidine groups is 1. The van der Waals surface area contributed by atoms with E-state index in [0.29, 0.717) is 24.4 Å². The van der Waals surface area contributed by atoms with Crippen LogP contribution < -0.4 is 5.48 Å². The number of hydroxylamine groups is 1. The molecule has 2 heterocycles. The average molecular weight is 347 g/mol. The zero-order chi connectivity index (χ0) is 16.9. The first-order chi connectivity index (χ1) is 11.4. The van der Waals surface area contributed by atoms with Crippen LogP contribution in [0.4, 0.5) is 0 Å². The number of aromatic nitrogens is 1. The summed E-state index contributed by atoms with van der Waals surface area (Å²) in [6.07, 6.45) is 2.58. The van der Waals surface area contributed by atoms with Crippen molar-refractivity contribution in [1.82, 2.24) is 10.5 Å². The van der Waals surface area contributed by atoms with Crippen molar-refractivity contribution >= 4 is 21.8 Å². The summed E-state index contributed by atoms with van der Waals surface area (Å²) in [6, 6.07) is 6.13. The Morgan fingerprint density at radius 3 is 2.54 bits per heavy atom. The maximum absolute atomic E-state index is 12.4. The van der Waals surface area contributed by atoms with Crippen molar-refractivity contribution < 1.29 is 22.5 Å². The van der Waals surface area contributed by atoms with Gasteiger partial charge in [0.2, 0.25) is 0 Å². The largest absolute Gasteiger partial charge is 0.449 e. The summed E-state index contributed by atoms with van der Waals surface area (Å²) in [5.41, 5.74) is 2.78. The second kappa shape index (κ2) is 4.91. The molecule has 9 heteroatoms. The molecule has 0 unspecified atom stereocenters. The Balaban J connectivity index is 1.64. The first-order valence-corrected chi connectivity index (χ1v) is 8.70. The molecule has 1 aromatic carbocycles. The second-order valence-electron chi connectivity index (χ2n) is 5.76. The number of carbonyl (C=O) groups is 1. The maximum Gasteiger partial charge on any atom is 0.345 e. The fourth-order valence-electron chi connectivity index (χ4n) is 2.53. The summed E-state index contributed by atoms with van der Waals surface area (Å²) in [5, 5.41) is 0. The Bertz CT molecular complexity index is 955. The molecule has 1 aliphatic heterocycles. The van der Waals surface area contributed by atoms with E-state index in [0.717, 1.165) is 5.56 Å². The molecular weight excluding hydrogens is 334 g/mol. The first kappa shape index (κ1) is 14.9. The van der Waals surface area contributed by atoms with E-state index in [1.165, 1.54) is 18.4 Å². The normalized spacial score (nSPS) is 20.2. The number of nitrogens with one attached hydrogen (secondary N) is 1. The van der Waals surface area contributed by atoms with Crippen LogP contribution in [0.1, 0.15) is 18.7 Å². The fourth-order valence-corrected chi connectivity index (χ4v) is 3.56. The van der Waals surface area contributed by atoms with Gasteiger partial charge >= 0.3 is 5.97 Å². The maximum atomic E-state index is 12.4. The van der Waals surface area contributed by atoms with Gasteiger partial charge in [0.1, 0.15) is 17.4 Å². The molecule has 2 aromatic rings. The third kappa shape index (κ3) is 2.28. The van der Waals surface area contributed by atoms with E-state index in [4.69, 9.17) is 9.25 Å². The summed E-state index contributed by atoms with van der Waals surface area (Å²) in [6.45, 7) is 1.73. The fraction of sp³-hybridized carbons (Fsp3) is 0.267. The number of oxazole rings is 1. The SMILES string of the molecule is Cc1nc(-c2ccc(S(=O)(=O)N=C3NOC(=O)C34CC4)cc2)co1. The molecule has 1 saturated heterocycles. The number of rotatable bonds is 3. The molecule has 1 N–H and O–H groups in total. The second-order valence-corrected chi connectivity index (χ2v) is 7.37. The van der Waals surface area contributed by atoms with Crippen LogP contribution in [0.25, 0.3) is 11.3 Å². The zero-order valence-corrected chi connectivity index (χ0v) is 13.5. The van der Waals surface area contributed by atoms with Crippen LogP contribution in [0.3, 0.4) is 0 Å². The highest BCUT2D eigenvalue weighted by atomic mass is 32.2. The van der Waals surface area contributed by atoms with Crippen molar-refractivity contribution in [3.05, 3.63) is 36.4 Å². The van der Waals surface area contributed by atoms with Crippen molar-refractivity contribution in [2.24, 2.45) is 9.81 Å². The lowest BCUT2D eigenvalue weighted by Gasteiger charge is -2.04. The molecule has 24 heavy (non-hydrogen) atoms. The molecule has 0 amide bonds. The van der Waals surface area contributed by atoms with Gasteiger partial charge in [0.05, 0.1) is 4.90 Å². The Kier molecular flexibility index (Phi) is 3.04. The van der Waals surface area contributed by atoms with Crippen molar-refractivity contribution in [2.45, 2.75) is 24.7 Å². The predicted octanol–water partition coefficient (Wildman–Crippen LogP) is 1.58. The smallest absolute Gasteiger partial charge is 0.345 e. The van der Waals surface area contributed by atoms with E-state index in [1.807, 2.05) is 0 Å². The van der Waals surface area contributed by atoms with Gasteiger partial charge in [-0.2, -0.15) is 8.42 Å². The molecular formula is C15H13N3O5S. The molecule has 0 atom stereocenters. The van der Waals surface area contributed by atoms with Crippen molar-refractivity contribution in [2.75, 3.05) is 0 Å². The Morgan fingerprint density at radius 2 is 1.96 bits per heavy atom.